The zero-order valence-electron chi connectivity index (χ0n) is 26.3. The molecule has 0 bridgehead atoms. The average molecular weight is 626 g/mol. The molecule has 0 aromatic carbocycles. The summed E-state index contributed by atoms with van der Waals surface area (Å²) in [6.45, 7) is 9.22. The van der Waals surface area contributed by atoms with Gasteiger partial charge in [-0.1, -0.05) is 26.5 Å². The predicted molar refractivity (Wildman–Crippen MR) is 174 cm³/mol. The molecule has 0 radical (unpaired) electrons. The van der Waals surface area contributed by atoms with Crippen LogP contribution in [0.2, 0.25) is 0 Å². The van der Waals surface area contributed by atoms with Gasteiger partial charge in [0.05, 0.1) is 18.8 Å². The van der Waals surface area contributed by atoms with Crippen LogP contribution in [0.1, 0.15) is 46.7 Å². The van der Waals surface area contributed by atoms with Gasteiger partial charge in [0.25, 0.3) is 5.91 Å². The number of ether oxygens (including phenoxy) is 1. The first-order valence-corrected chi connectivity index (χ1v) is 15.3. The Morgan fingerprint density at radius 2 is 2.07 bits per heavy atom. The molecule has 4 N–H and O–H groups in total. The van der Waals surface area contributed by atoms with E-state index in [1.807, 2.05) is 6.07 Å². The fourth-order valence-corrected chi connectivity index (χ4v) is 6.40. The van der Waals surface area contributed by atoms with Gasteiger partial charge in [-0.15, -0.1) is 0 Å². The molecule has 0 saturated carbocycles. The van der Waals surface area contributed by atoms with Gasteiger partial charge in [-0.3, -0.25) is 14.5 Å². The Hall–Kier alpha value is -4.94. The van der Waals surface area contributed by atoms with Gasteiger partial charge >= 0.3 is 0 Å². The first-order chi connectivity index (χ1) is 22.1. The SMILES string of the molecule is C=CC(=O)NCCOc1cccc(NC2=CC(c3ccnc(N4CCn5c(cc6c5CC(C)(C)C6)C4=O)c3CO)=CN(C)C2O)n1. The molecular weight excluding hydrogens is 586 g/mol. The number of rotatable bonds is 10. The van der Waals surface area contributed by atoms with Crippen LogP contribution in [0.3, 0.4) is 0 Å². The molecule has 12 heteroatoms. The first-order valence-electron chi connectivity index (χ1n) is 15.3. The van der Waals surface area contributed by atoms with Gasteiger partial charge < -0.3 is 35.1 Å². The van der Waals surface area contributed by atoms with Crippen LogP contribution in [0.5, 0.6) is 5.88 Å². The third-order valence-corrected chi connectivity index (χ3v) is 8.53. The van der Waals surface area contributed by atoms with Crippen molar-refractivity contribution in [3.8, 4) is 5.88 Å². The number of allylic oxidation sites excluding steroid dienone is 2. The minimum Gasteiger partial charge on any atom is -0.476 e. The highest BCUT2D eigenvalue weighted by Gasteiger charge is 2.37. The Bertz CT molecular complexity index is 1760. The van der Waals surface area contributed by atoms with Gasteiger partial charge in [-0.25, -0.2) is 4.98 Å². The third kappa shape index (κ3) is 6.01. The number of anilines is 2. The lowest BCUT2D eigenvalue weighted by Gasteiger charge is -2.32. The van der Waals surface area contributed by atoms with E-state index in [2.05, 4.69) is 45.6 Å². The van der Waals surface area contributed by atoms with E-state index in [1.54, 1.807) is 59.6 Å². The Morgan fingerprint density at radius 3 is 2.85 bits per heavy atom. The number of nitrogens with one attached hydrogen (secondary N) is 2. The lowest BCUT2D eigenvalue weighted by molar-refractivity contribution is -0.116. The smallest absolute Gasteiger partial charge is 0.276 e. The standard InChI is InChI=1S/C34H39N7O5/c1-5-29(43)35-11-14-46-30-8-6-7-28(38-30)37-25-15-22(19-39(4)32(25)44)23-9-10-36-31(24(23)20-42)41-13-12-40-26(33(41)45)16-21-17-34(2,3)18-27(21)40/h5-10,15-16,19,32,42,44H,1,11-14,17-18,20H2,2-4H3,(H,35,43)(H,37,38). The Balaban J connectivity index is 1.23. The molecule has 1 atom stereocenters. The van der Waals surface area contributed by atoms with Crippen molar-refractivity contribution in [2.24, 2.45) is 5.41 Å². The monoisotopic (exact) mass is 625 g/mol. The summed E-state index contributed by atoms with van der Waals surface area (Å²) in [7, 11) is 1.74. The predicted octanol–water partition coefficient (Wildman–Crippen LogP) is 2.84. The number of likely N-dealkylation sites (N-methyl/N-ethyl adjacent to an activating group) is 1. The number of amides is 2. The van der Waals surface area contributed by atoms with E-state index in [4.69, 9.17) is 4.74 Å². The van der Waals surface area contributed by atoms with Crippen LogP contribution in [0, 0.1) is 5.41 Å². The first kappa shape index (κ1) is 31.1. The van der Waals surface area contributed by atoms with Gasteiger partial charge in [-0.05, 0) is 59.7 Å². The van der Waals surface area contributed by atoms with Crippen molar-refractivity contribution in [3.63, 3.8) is 0 Å². The van der Waals surface area contributed by atoms with Crippen molar-refractivity contribution >= 4 is 29.0 Å². The molecule has 1 aliphatic carbocycles. The minimum absolute atomic E-state index is 0.128. The second kappa shape index (κ2) is 12.5. The molecule has 1 unspecified atom stereocenters. The molecule has 0 spiro atoms. The lowest BCUT2D eigenvalue weighted by Crippen LogP contribution is -2.42. The van der Waals surface area contributed by atoms with Crippen molar-refractivity contribution in [2.75, 3.05) is 37.0 Å². The number of hydrogen-bond acceptors (Lipinski definition) is 9. The number of carbonyl (C=O) groups excluding carboxylic acids is 2. The second-order valence-electron chi connectivity index (χ2n) is 12.5. The number of fused-ring (bicyclic) bond motifs is 3. The highest BCUT2D eigenvalue weighted by atomic mass is 16.5. The Morgan fingerprint density at radius 1 is 1.24 bits per heavy atom. The lowest BCUT2D eigenvalue weighted by atomic mass is 9.90. The Labute approximate surface area is 267 Å². The van der Waals surface area contributed by atoms with Crippen molar-refractivity contribution in [1.82, 2.24) is 24.8 Å². The fraction of sp³-hybridized carbons (Fsp3) is 0.353. The topological polar surface area (TPSA) is 145 Å². The molecule has 0 fully saturated rings. The molecule has 2 amide bonds. The summed E-state index contributed by atoms with van der Waals surface area (Å²) in [5.74, 6) is 0.806. The van der Waals surface area contributed by atoms with Crippen LogP contribution in [0.25, 0.3) is 5.57 Å². The fourth-order valence-electron chi connectivity index (χ4n) is 6.40. The van der Waals surface area contributed by atoms with E-state index >= 15 is 0 Å². The summed E-state index contributed by atoms with van der Waals surface area (Å²) in [5.41, 5.74) is 5.72. The van der Waals surface area contributed by atoms with E-state index in [1.165, 1.54) is 17.3 Å². The van der Waals surface area contributed by atoms with Gasteiger partial charge in [0, 0.05) is 55.4 Å². The molecular formula is C34H39N7O5. The van der Waals surface area contributed by atoms with Gasteiger partial charge in [0.15, 0.2) is 6.23 Å². The zero-order valence-corrected chi connectivity index (χ0v) is 26.3. The number of aliphatic hydroxyl groups excluding tert-OH is 2. The summed E-state index contributed by atoms with van der Waals surface area (Å²) >= 11 is 0. The van der Waals surface area contributed by atoms with Crippen LogP contribution in [0.4, 0.5) is 11.6 Å². The van der Waals surface area contributed by atoms with Crippen LogP contribution in [-0.4, -0.2) is 74.4 Å². The number of aliphatic hydroxyl groups is 2. The maximum Gasteiger partial charge on any atom is 0.276 e. The molecule has 3 aromatic heterocycles. The van der Waals surface area contributed by atoms with Crippen LogP contribution in [0.15, 0.2) is 67.2 Å². The third-order valence-electron chi connectivity index (χ3n) is 8.53. The van der Waals surface area contributed by atoms with Gasteiger partial charge in [0.1, 0.15) is 23.9 Å². The van der Waals surface area contributed by atoms with Crippen molar-refractivity contribution in [1.29, 1.82) is 0 Å². The van der Waals surface area contributed by atoms with Gasteiger partial charge in [-0.2, -0.15) is 4.98 Å². The number of pyridine rings is 2. The quantitative estimate of drug-likeness (QED) is 0.197. The van der Waals surface area contributed by atoms with Crippen molar-refractivity contribution in [3.05, 3.63) is 95.2 Å². The zero-order chi connectivity index (χ0) is 32.6. The minimum atomic E-state index is -0.994. The maximum atomic E-state index is 13.8. The normalized spacial score (nSPS) is 18.4. The highest BCUT2D eigenvalue weighted by Crippen LogP contribution is 2.40. The Kier molecular flexibility index (Phi) is 8.41. The van der Waals surface area contributed by atoms with E-state index < -0.39 is 6.23 Å². The molecule has 5 heterocycles. The second-order valence-corrected chi connectivity index (χ2v) is 12.5. The molecule has 240 valence electrons. The van der Waals surface area contributed by atoms with Crippen LogP contribution >= 0.6 is 0 Å². The summed E-state index contributed by atoms with van der Waals surface area (Å²) in [6, 6.07) is 9.03. The summed E-state index contributed by atoms with van der Waals surface area (Å²) in [5, 5.41) is 27.4. The molecule has 6 rings (SSSR count). The van der Waals surface area contributed by atoms with Gasteiger partial charge in [0.2, 0.25) is 11.8 Å². The molecule has 3 aliphatic rings. The van der Waals surface area contributed by atoms with Crippen molar-refractivity contribution < 1.29 is 24.5 Å². The average Bonchev–Trinajstić information content (AvgIpc) is 3.53. The summed E-state index contributed by atoms with van der Waals surface area (Å²) in [4.78, 5) is 37.5. The molecule has 12 nitrogen and oxygen atoms in total. The van der Waals surface area contributed by atoms with Crippen molar-refractivity contribution in [2.45, 2.75) is 46.1 Å². The number of carbonyl (C=O) groups is 2. The number of nitrogens with zero attached hydrogens (tertiary/aromatic N) is 5. The van der Waals surface area contributed by atoms with Crippen LogP contribution in [-0.2, 0) is 30.8 Å². The molecule has 46 heavy (non-hydrogen) atoms. The molecule has 0 saturated heterocycles. The molecule has 3 aromatic rings. The number of aromatic nitrogens is 3. The van der Waals surface area contributed by atoms with E-state index in [0.29, 0.717) is 65.2 Å². The van der Waals surface area contributed by atoms with E-state index in [9.17, 15) is 19.8 Å². The molecule has 2 aliphatic heterocycles. The van der Waals surface area contributed by atoms with E-state index in [-0.39, 0.29) is 30.4 Å². The largest absolute Gasteiger partial charge is 0.476 e. The summed E-state index contributed by atoms with van der Waals surface area (Å²) < 4.78 is 7.81. The number of hydrogen-bond donors (Lipinski definition) is 4. The van der Waals surface area contributed by atoms with Crippen LogP contribution < -0.4 is 20.3 Å². The summed E-state index contributed by atoms with van der Waals surface area (Å²) in [6.07, 6.45) is 7.31. The van der Waals surface area contributed by atoms with E-state index in [0.717, 1.165) is 12.8 Å². The maximum absolute atomic E-state index is 13.8. The highest BCUT2D eigenvalue weighted by molar-refractivity contribution is 6.06.